The lowest BCUT2D eigenvalue weighted by Crippen LogP contribution is -2.13. The van der Waals surface area contributed by atoms with Crippen LogP contribution < -0.4 is 4.74 Å². The fourth-order valence-electron chi connectivity index (χ4n) is 1.46. The highest BCUT2D eigenvalue weighted by atomic mass is 16.6. The largest absolute Gasteiger partial charge is 0.496 e. The summed E-state index contributed by atoms with van der Waals surface area (Å²) in [5, 5.41) is 19.4. The van der Waals surface area contributed by atoms with Crippen LogP contribution in [0.4, 0.5) is 5.69 Å². The Balaban J connectivity index is 3.06. The smallest absolute Gasteiger partial charge is 0.306 e. The number of nitro benzene ring substituents is 1. The molecule has 0 aromatic heterocycles. The van der Waals surface area contributed by atoms with Crippen molar-refractivity contribution in [2.45, 2.75) is 13.3 Å². The Bertz CT molecular complexity index is 443. The van der Waals surface area contributed by atoms with Gasteiger partial charge >= 0.3 is 5.97 Å². The number of rotatable bonds is 5. The Kier molecular flexibility index (Phi) is 4.03. The molecule has 0 saturated heterocycles. The van der Waals surface area contributed by atoms with Gasteiger partial charge in [0.15, 0.2) is 0 Å². The van der Waals surface area contributed by atoms with E-state index in [-0.39, 0.29) is 12.1 Å². The number of hydrogen-bond donors (Lipinski definition) is 1. The third-order valence-electron chi connectivity index (χ3n) is 2.42. The lowest BCUT2D eigenvalue weighted by atomic mass is 10.00. The summed E-state index contributed by atoms with van der Waals surface area (Å²) >= 11 is 0. The van der Waals surface area contributed by atoms with Crippen LogP contribution in [0.5, 0.6) is 5.75 Å². The number of nitro groups is 1. The number of hydrogen-bond acceptors (Lipinski definition) is 4. The molecular weight excluding hydrogens is 226 g/mol. The van der Waals surface area contributed by atoms with Crippen molar-refractivity contribution in [1.82, 2.24) is 0 Å². The molecule has 0 fully saturated rings. The standard InChI is InChI=1S/C11H13NO5/c1-7(11(13)14)5-8-6-9(12(15)16)3-4-10(8)17-2/h3-4,6-7H,5H2,1-2H3,(H,13,14). The molecule has 1 rings (SSSR count). The number of methoxy groups -OCH3 is 1. The Morgan fingerprint density at radius 1 is 1.59 bits per heavy atom. The van der Waals surface area contributed by atoms with Gasteiger partial charge in [-0.1, -0.05) is 6.92 Å². The molecule has 6 nitrogen and oxygen atoms in total. The molecule has 17 heavy (non-hydrogen) atoms. The van der Waals surface area contributed by atoms with E-state index in [1.54, 1.807) is 6.92 Å². The molecule has 0 amide bonds. The second-order valence-electron chi connectivity index (χ2n) is 3.70. The van der Waals surface area contributed by atoms with Crippen LogP contribution in [-0.4, -0.2) is 23.1 Å². The first-order valence-electron chi connectivity index (χ1n) is 4.99. The van der Waals surface area contributed by atoms with E-state index in [9.17, 15) is 14.9 Å². The summed E-state index contributed by atoms with van der Waals surface area (Å²) in [6.07, 6.45) is 0.195. The van der Waals surface area contributed by atoms with E-state index in [1.165, 1.54) is 25.3 Å². The van der Waals surface area contributed by atoms with Crippen molar-refractivity contribution < 1.29 is 19.6 Å². The summed E-state index contributed by atoms with van der Waals surface area (Å²) in [4.78, 5) is 20.8. The minimum atomic E-state index is -0.946. The number of benzene rings is 1. The van der Waals surface area contributed by atoms with Crippen LogP contribution in [0.3, 0.4) is 0 Å². The molecule has 6 heteroatoms. The molecule has 1 unspecified atom stereocenters. The van der Waals surface area contributed by atoms with Gasteiger partial charge in [-0.15, -0.1) is 0 Å². The van der Waals surface area contributed by atoms with Crippen molar-refractivity contribution >= 4 is 11.7 Å². The molecule has 92 valence electrons. The molecule has 0 aliphatic rings. The van der Waals surface area contributed by atoms with E-state index in [2.05, 4.69) is 0 Å². The normalized spacial score (nSPS) is 11.9. The van der Waals surface area contributed by atoms with Crippen molar-refractivity contribution in [3.05, 3.63) is 33.9 Å². The van der Waals surface area contributed by atoms with E-state index >= 15 is 0 Å². The predicted molar refractivity (Wildman–Crippen MR) is 60.2 cm³/mol. The lowest BCUT2D eigenvalue weighted by molar-refractivity contribution is -0.384. The van der Waals surface area contributed by atoms with Crippen molar-refractivity contribution in [3.63, 3.8) is 0 Å². The Labute approximate surface area is 98.0 Å². The zero-order chi connectivity index (χ0) is 13.0. The van der Waals surface area contributed by atoms with Gasteiger partial charge in [-0.25, -0.2) is 0 Å². The number of non-ortho nitro benzene ring substituents is 1. The molecule has 1 aromatic carbocycles. The molecule has 0 spiro atoms. The highest BCUT2D eigenvalue weighted by molar-refractivity contribution is 5.70. The Morgan fingerprint density at radius 3 is 2.71 bits per heavy atom. The highest BCUT2D eigenvalue weighted by Crippen LogP contribution is 2.26. The molecule has 1 N–H and O–H groups in total. The van der Waals surface area contributed by atoms with E-state index < -0.39 is 16.8 Å². The van der Waals surface area contributed by atoms with Gasteiger partial charge in [0.1, 0.15) is 5.75 Å². The molecule has 0 aliphatic heterocycles. The van der Waals surface area contributed by atoms with Gasteiger partial charge in [-0.2, -0.15) is 0 Å². The Hall–Kier alpha value is -2.11. The second-order valence-corrected chi connectivity index (χ2v) is 3.70. The van der Waals surface area contributed by atoms with Crippen molar-refractivity contribution in [1.29, 1.82) is 0 Å². The SMILES string of the molecule is COc1ccc([N+](=O)[O-])cc1CC(C)C(=O)O. The van der Waals surface area contributed by atoms with Crippen molar-refractivity contribution in [2.75, 3.05) is 7.11 Å². The van der Waals surface area contributed by atoms with Gasteiger partial charge in [0.2, 0.25) is 0 Å². The monoisotopic (exact) mass is 239 g/mol. The van der Waals surface area contributed by atoms with E-state index in [0.717, 1.165) is 0 Å². The van der Waals surface area contributed by atoms with Crippen LogP contribution >= 0.6 is 0 Å². The van der Waals surface area contributed by atoms with E-state index in [4.69, 9.17) is 9.84 Å². The second kappa shape index (κ2) is 5.29. The molecule has 0 radical (unpaired) electrons. The van der Waals surface area contributed by atoms with Gasteiger partial charge in [0.05, 0.1) is 18.0 Å². The van der Waals surface area contributed by atoms with E-state index in [0.29, 0.717) is 11.3 Å². The molecule has 0 bridgehead atoms. The van der Waals surface area contributed by atoms with Crippen molar-refractivity contribution in [3.8, 4) is 5.75 Å². The fraction of sp³-hybridized carbons (Fsp3) is 0.364. The maximum atomic E-state index is 10.7. The number of aliphatic carboxylic acids is 1. The van der Waals surface area contributed by atoms with Crippen LogP contribution in [0.1, 0.15) is 12.5 Å². The number of carbonyl (C=O) groups is 1. The van der Waals surface area contributed by atoms with E-state index in [1.807, 2.05) is 0 Å². The number of carboxylic acids is 1. The summed E-state index contributed by atoms with van der Waals surface area (Å²) < 4.78 is 5.05. The quantitative estimate of drug-likeness (QED) is 0.625. The summed E-state index contributed by atoms with van der Waals surface area (Å²) in [5.74, 6) is -1.10. The van der Waals surface area contributed by atoms with Gasteiger partial charge in [-0.05, 0) is 12.5 Å². The lowest BCUT2D eigenvalue weighted by Gasteiger charge is -2.10. The molecule has 0 saturated carbocycles. The third kappa shape index (κ3) is 3.17. The van der Waals surface area contributed by atoms with Crippen LogP contribution in [0, 0.1) is 16.0 Å². The molecule has 1 atom stereocenters. The van der Waals surface area contributed by atoms with Crippen molar-refractivity contribution in [2.24, 2.45) is 5.92 Å². The predicted octanol–water partition coefficient (Wildman–Crippen LogP) is 1.87. The third-order valence-corrected chi connectivity index (χ3v) is 2.42. The maximum absolute atomic E-state index is 10.7. The van der Waals surface area contributed by atoms with Crippen LogP contribution in [0.15, 0.2) is 18.2 Å². The summed E-state index contributed by atoms with van der Waals surface area (Å²) in [6.45, 7) is 1.54. The minimum Gasteiger partial charge on any atom is -0.496 e. The molecular formula is C11H13NO5. The zero-order valence-electron chi connectivity index (χ0n) is 9.54. The first-order chi connectivity index (χ1) is 7.95. The van der Waals surface area contributed by atoms with Crippen LogP contribution in [0.25, 0.3) is 0 Å². The minimum absolute atomic E-state index is 0.0709. The molecule has 0 heterocycles. The average molecular weight is 239 g/mol. The fourth-order valence-corrected chi connectivity index (χ4v) is 1.46. The maximum Gasteiger partial charge on any atom is 0.306 e. The first kappa shape index (κ1) is 13.0. The molecule has 0 aliphatic carbocycles. The number of nitrogens with zero attached hydrogens (tertiary/aromatic N) is 1. The average Bonchev–Trinajstić information content (AvgIpc) is 2.28. The topological polar surface area (TPSA) is 89.7 Å². The summed E-state index contributed by atoms with van der Waals surface area (Å²) in [7, 11) is 1.44. The van der Waals surface area contributed by atoms with Gasteiger partial charge < -0.3 is 9.84 Å². The van der Waals surface area contributed by atoms with Gasteiger partial charge in [0, 0.05) is 17.7 Å². The van der Waals surface area contributed by atoms with Crippen LogP contribution in [0.2, 0.25) is 0 Å². The summed E-state index contributed by atoms with van der Waals surface area (Å²) in [6, 6.07) is 4.15. The zero-order valence-corrected chi connectivity index (χ0v) is 9.54. The number of carboxylic acid groups (broad SMARTS) is 1. The first-order valence-corrected chi connectivity index (χ1v) is 4.99. The van der Waals surface area contributed by atoms with Gasteiger partial charge in [0.25, 0.3) is 5.69 Å². The summed E-state index contributed by atoms with van der Waals surface area (Å²) in [5.41, 5.74) is 0.454. The molecule has 1 aromatic rings. The van der Waals surface area contributed by atoms with Crippen LogP contribution in [-0.2, 0) is 11.2 Å². The van der Waals surface area contributed by atoms with Gasteiger partial charge in [-0.3, -0.25) is 14.9 Å². The number of ether oxygens (including phenoxy) is 1. The Morgan fingerprint density at radius 2 is 2.24 bits per heavy atom. The highest BCUT2D eigenvalue weighted by Gasteiger charge is 2.17.